The van der Waals surface area contributed by atoms with Crippen LogP contribution in [-0.2, 0) is 0 Å². The number of hydrogen-bond donors (Lipinski definition) is 0. The smallest absolute Gasteiger partial charge is 0.324 e. The molecular weight excluding hydrogens is 202 g/mol. The average molecular weight is 206 g/mol. The Balaban J connectivity index is 3.23. The minimum Gasteiger partial charge on any atom is -0.461 e. The van der Waals surface area contributed by atoms with Gasteiger partial charge in [-0.2, -0.15) is 0 Å². The van der Waals surface area contributed by atoms with E-state index >= 15 is 0 Å². The molecule has 0 spiro atoms. The van der Waals surface area contributed by atoms with Crippen LogP contribution >= 0.6 is 15.9 Å². The fourth-order valence-electron chi connectivity index (χ4n) is 0.636. The molecule has 0 aliphatic carbocycles. The van der Waals surface area contributed by atoms with Crippen molar-refractivity contribution in [3.8, 4) is 0 Å². The van der Waals surface area contributed by atoms with Gasteiger partial charge < -0.3 is 4.42 Å². The van der Waals surface area contributed by atoms with Gasteiger partial charge in [-0.25, -0.2) is 0 Å². The zero-order valence-electron chi connectivity index (χ0n) is 5.13. The summed E-state index contributed by atoms with van der Waals surface area (Å²) in [6.07, 6.45) is 1.30. The first-order chi connectivity index (χ1) is 4.63. The van der Waals surface area contributed by atoms with Crippen molar-refractivity contribution in [1.82, 2.24) is 0 Å². The highest BCUT2D eigenvalue weighted by atomic mass is 79.9. The van der Waals surface area contributed by atoms with E-state index in [0.29, 0.717) is 10.2 Å². The Morgan fingerprint density at radius 2 is 2.40 bits per heavy atom. The lowest BCUT2D eigenvalue weighted by molar-refractivity contribution is -0.386. The topological polar surface area (TPSA) is 56.3 Å². The summed E-state index contributed by atoms with van der Waals surface area (Å²) in [7, 11) is 0. The molecular formula is C5H4BrNO3. The zero-order chi connectivity index (χ0) is 7.72. The van der Waals surface area contributed by atoms with Crippen LogP contribution < -0.4 is 0 Å². The van der Waals surface area contributed by atoms with Crippen LogP contribution in [-0.4, -0.2) is 4.92 Å². The summed E-state index contributed by atoms with van der Waals surface area (Å²) in [4.78, 5) is 9.74. The number of nitro groups is 1. The van der Waals surface area contributed by atoms with E-state index in [2.05, 4.69) is 15.9 Å². The van der Waals surface area contributed by atoms with Gasteiger partial charge in [0.15, 0.2) is 5.76 Å². The summed E-state index contributed by atoms with van der Waals surface area (Å²) in [5.41, 5.74) is 0.000000000000000222. The molecule has 0 amide bonds. The molecule has 54 valence electrons. The molecule has 5 heteroatoms. The van der Waals surface area contributed by atoms with Crippen LogP contribution in [0.2, 0.25) is 0 Å². The number of hydrogen-bond acceptors (Lipinski definition) is 3. The molecule has 0 aliphatic heterocycles. The Bertz CT molecular complexity index is 248. The van der Waals surface area contributed by atoms with E-state index in [-0.39, 0.29) is 5.69 Å². The molecule has 0 bridgehead atoms. The summed E-state index contributed by atoms with van der Waals surface area (Å²) in [6, 6.07) is 0. The van der Waals surface area contributed by atoms with Gasteiger partial charge in [-0.3, -0.25) is 10.1 Å². The summed E-state index contributed by atoms with van der Waals surface area (Å²) in [5.74, 6) is 0.317. The van der Waals surface area contributed by atoms with Crippen LogP contribution in [0.25, 0.3) is 0 Å². The molecule has 0 saturated carbocycles. The SMILES string of the molecule is Cc1occ(Br)c1[N+](=O)[O-]. The highest BCUT2D eigenvalue weighted by molar-refractivity contribution is 9.10. The molecule has 0 saturated heterocycles. The van der Waals surface area contributed by atoms with E-state index in [1.807, 2.05) is 0 Å². The zero-order valence-corrected chi connectivity index (χ0v) is 6.71. The summed E-state index contributed by atoms with van der Waals surface area (Å²) < 4.78 is 5.15. The molecule has 0 fully saturated rings. The number of aryl methyl sites for hydroxylation is 1. The number of furan rings is 1. The Morgan fingerprint density at radius 3 is 2.60 bits per heavy atom. The van der Waals surface area contributed by atoms with Crippen LogP contribution in [0.1, 0.15) is 5.76 Å². The summed E-state index contributed by atoms with van der Waals surface area (Å²) in [5, 5.41) is 10.2. The van der Waals surface area contributed by atoms with Crippen LogP contribution in [0, 0.1) is 17.0 Å². The monoisotopic (exact) mass is 205 g/mol. The van der Waals surface area contributed by atoms with Crippen molar-refractivity contribution in [2.24, 2.45) is 0 Å². The van der Waals surface area contributed by atoms with Crippen molar-refractivity contribution in [2.45, 2.75) is 6.92 Å². The number of halogens is 1. The van der Waals surface area contributed by atoms with Gasteiger partial charge in [0.1, 0.15) is 10.7 Å². The molecule has 1 heterocycles. The van der Waals surface area contributed by atoms with E-state index < -0.39 is 4.92 Å². The van der Waals surface area contributed by atoms with Crippen molar-refractivity contribution in [1.29, 1.82) is 0 Å². The quantitative estimate of drug-likeness (QED) is 0.522. The second-order valence-electron chi connectivity index (χ2n) is 1.75. The normalized spacial score (nSPS) is 9.80. The standard InChI is InChI=1S/C5H4BrNO3/c1-3-5(7(8)9)4(6)2-10-3/h2H,1H3. The van der Waals surface area contributed by atoms with Crippen molar-refractivity contribution >= 4 is 21.6 Å². The van der Waals surface area contributed by atoms with Gasteiger partial charge in [0, 0.05) is 6.92 Å². The van der Waals surface area contributed by atoms with Gasteiger partial charge in [-0.1, -0.05) is 0 Å². The largest absolute Gasteiger partial charge is 0.461 e. The van der Waals surface area contributed by atoms with E-state index in [9.17, 15) is 10.1 Å². The maximum atomic E-state index is 10.2. The fourth-order valence-corrected chi connectivity index (χ4v) is 1.15. The minimum atomic E-state index is -0.483. The molecule has 0 aliphatic rings. The van der Waals surface area contributed by atoms with Gasteiger partial charge in [0.25, 0.3) is 0 Å². The second-order valence-corrected chi connectivity index (χ2v) is 2.60. The van der Waals surface area contributed by atoms with Crippen LogP contribution in [0.5, 0.6) is 0 Å². The molecule has 0 radical (unpaired) electrons. The van der Waals surface area contributed by atoms with Crippen LogP contribution in [0.15, 0.2) is 15.2 Å². The molecule has 0 unspecified atom stereocenters. The fraction of sp³-hybridized carbons (Fsp3) is 0.200. The Morgan fingerprint density at radius 1 is 1.80 bits per heavy atom. The van der Waals surface area contributed by atoms with E-state index in [4.69, 9.17) is 4.42 Å². The lowest BCUT2D eigenvalue weighted by Crippen LogP contribution is -1.87. The third-order valence-electron chi connectivity index (χ3n) is 1.08. The molecule has 4 nitrogen and oxygen atoms in total. The lowest BCUT2D eigenvalue weighted by Gasteiger charge is -1.85. The highest BCUT2D eigenvalue weighted by Gasteiger charge is 2.18. The van der Waals surface area contributed by atoms with Crippen molar-refractivity contribution in [3.05, 3.63) is 26.6 Å². The first kappa shape index (κ1) is 7.27. The third kappa shape index (κ3) is 1.04. The number of nitrogens with zero attached hydrogens (tertiary/aromatic N) is 1. The molecule has 0 atom stereocenters. The van der Waals surface area contributed by atoms with Gasteiger partial charge >= 0.3 is 5.69 Å². The highest BCUT2D eigenvalue weighted by Crippen LogP contribution is 2.29. The lowest BCUT2D eigenvalue weighted by atomic mass is 10.4. The summed E-state index contributed by atoms with van der Waals surface area (Å²) in [6.45, 7) is 1.54. The van der Waals surface area contributed by atoms with E-state index in [1.165, 1.54) is 6.26 Å². The Kier molecular flexibility index (Phi) is 1.76. The van der Waals surface area contributed by atoms with Gasteiger partial charge in [-0.05, 0) is 15.9 Å². The maximum absolute atomic E-state index is 10.2. The van der Waals surface area contributed by atoms with Crippen molar-refractivity contribution in [2.75, 3.05) is 0 Å². The Hall–Kier alpha value is -0.840. The van der Waals surface area contributed by atoms with Crippen LogP contribution in [0.4, 0.5) is 5.69 Å². The minimum absolute atomic E-state index is 0.000000000000000222. The maximum Gasteiger partial charge on any atom is 0.324 e. The predicted molar refractivity (Wildman–Crippen MR) is 37.8 cm³/mol. The van der Waals surface area contributed by atoms with E-state index in [0.717, 1.165) is 0 Å². The van der Waals surface area contributed by atoms with Gasteiger partial charge in [0.05, 0.1) is 4.92 Å². The number of rotatable bonds is 1. The Labute approximate surface area is 65.1 Å². The van der Waals surface area contributed by atoms with Crippen molar-refractivity contribution < 1.29 is 9.34 Å². The molecule has 10 heavy (non-hydrogen) atoms. The first-order valence-corrected chi connectivity index (χ1v) is 3.30. The molecule has 0 N–H and O–H groups in total. The molecule has 1 aromatic rings. The van der Waals surface area contributed by atoms with E-state index in [1.54, 1.807) is 6.92 Å². The molecule has 1 aromatic heterocycles. The second kappa shape index (κ2) is 2.42. The van der Waals surface area contributed by atoms with Crippen molar-refractivity contribution in [3.63, 3.8) is 0 Å². The average Bonchev–Trinajstić information content (AvgIpc) is 2.11. The first-order valence-electron chi connectivity index (χ1n) is 2.51. The van der Waals surface area contributed by atoms with Gasteiger partial charge in [-0.15, -0.1) is 0 Å². The summed E-state index contributed by atoms with van der Waals surface area (Å²) >= 11 is 2.98. The third-order valence-corrected chi connectivity index (χ3v) is 1.64. The molecule has 0 aromatic carbocycles. The molecule has 1 rings (SSSR count). The predicted octanol–water partition coefficient (Wildman–Crippen LogP) is 2.26. The van der Waals surface area contributed by atoms with Gasteiger partial charge in [0.2, 0.25) is 0 Å². The van der Waals surface area contributed by atoms with Crippen LogP contribution in [0.3, 0.4) is 0 Å².